The van der Waals surface area contributed by atoms with E-state index in [0.29, 0.717) is 17.9 Å². The van der Waals surface area contributed by atoms with Gasteiger partial charge in [-0.05, 0) is 19.4 Å². The van der Waals surface area contributed by atoms with Gasteiger partial charge in [-0.25, -0.2) is 0 Å². The number of hydrogen-bond donors (Lipinski definition) is 0. The number of rotatable bonds is 4. The van der Waals surface area contributed by atoms with Gasteiger partial charge in [0.15, 0.2) is 11.5 Å². The average Bonchev–Trinajstić information content (AvgIpc) is 2.20. The fourth-order valence-electron chi connectivity index (χ4n) is 1.35. The van der Waals surface area contributed by atoms with Crippen molar-refractivity contribution in [2.24, 2.45) is 0 Å². The first-order chi connectivity index (χ1) is 7.19. The highest BCUT2D eigenvalue weighted by Crippen LogP contribution is 2.32. The van der Waals surface area contributed by atoms with Gasteiger partial charge in [0.25, 0.3) is 6.26 Å². The van der Waals surface area contributed by atoms with Crippen LogP contribution in [0.4, 0.5) is 0 Å². The summed E-state index contributed by atoms with van der Waals surface area (Å²) in [7, 11) is 1.55. The molecule has 0 aliphatic heterocycles. The standard InChI is InChI=1S/C12H13NO2/c1-9(2)7-10-5-4-6-11(14-3)12(10)15-8-13/h4-6H,1,7H2,2-3H3. The van der Waals surface area contributed by atoms with E-state index in [9.17, 15) is 0 Å². The first-order valence-corrected chi connectivity index (χ1v) is 4.55. The molecule has 0 radical (unpaired) electrons. The summed E-state index contributed by atoms with van der Waals surface area (Å²) in [4.78, 5) is 0. The van der Waals surface area contributed by atoms with Gasteiger partial charge >= 0.3 is 0 Å². The van der Waals surface area contributed by atoms with E-state index < -0.39 is 0 Å². The maximum Gasteiger partial charge on any atom is 0.292 e. The minimum atomic E-state index is 0.477. The highest BCUT2D eigenvalue weighted by molar-refractivity contribution is 5.48. The molecule has 0 atom stereocenters. The van der Waals surface area contributed by atoms with Crippen molar-refractivity contribution >= 4 is 0 Å². The third kappa shape index (κ3) is 2.75. The second kappa shape index (κ2) is 5.06. The third-order valence-corrected chi connectivity index (χ3v) is 1.92. The summed E-state index contributed by atoms with van der Waals surface area (Å²) in [6.07, 6.45) is 2.34. The number of benzene rings is 1. The Kier molecular flexibility index (Phi) is 3.75. The number of nitriles is 1. The van der Waals surface area contributed by atoms with Gasteiger partial charge in [-0.1, -0.05) is 24.3 Å². The number of para-hydroxylation sites is 1. The van der Waals surface area contributed by atoms with Crippen LogP contribution in [0.2, 0.25) is 0 Å². The van der Waals surface area contributed by atoms with E-state index in [1.807, 2.05) is 19.1 Å². The second-order valence-electron chi connectivity index (χ2n) is 3.28. The molecule has 0 spiro atoms. The number of nitrogens with zero attached hydrogens (tertiary/aromatic N) is 1. The Hall–Kier alpha value is -1.95. The summed E-state index contributed by atoms with van der Waals surface area (Å²) in [6, 6.07) is 5.51. The molecule has 0 heterocycles. The monoisotopic (exact) mass is 203 g/mol. The van der Waals surface area contributed by atoms with E-state index in [-0.39, 0.29) is 0 Å². The van der Waals surface area contributed by atoms with Crippen LogP contribution in [-0.2, 0) is 6.42 Å². The van der Waals surface area contributed by atoms with Crippen LogP contribution in [-0.4, -0.2) is 7.11 Å². The van der Waals surface area contributed by atoms with Gasteiger partial charge in [-0.2, -0.15) is 0 Å². The SMILES string of the molecule is C=C(C)Cc1cccc(OC)c1OC#N. The smallest absolute Gasteiger partial charge is 0.292 e. The molecule has 0 bridgehead atoms. The Bertz CT molecular complexity index is 405. The minimum absolute atomic E-state index is 0.477. The van der Waals surface area contributed by atoms with Gasteiger partial charge < -0.3 is 9.47 Å². The quantitative estimate of drug-likeness (QED) is 0.558. The minimum Gasteiger partial charge on any atom is -0.493 e. The zero-order valence-corrected chi connectivity index (χ0v) is 8.91. The maximum atomic E-state index is 8.55. The van der Waals surface area contributed by atoms with Crippen LogP contribution in [0.15, 0.2) is 30.4 Å². The normalized spacial score (nSPS) is 9.13. The Morgan fingerprint density at radius 1 is 1.53 bits per heavy atom. The van der Waals surface area contributed by atoms with Gasteiger partial charge in [0.05, 0.1) is 7.11 Å². The van der Waals surface area contributed by atoms with Gasteiger partial charge in [0.1, 0.15) is 0 Å². The lowest BCUT2D eigenvalue weighted by Crippen LogP contribution is -1.96. The lowest BCUT2D eigenvalue weighted by molar-refractivity contribution is 0.382. The second-order valence-corrected chi connectivity index (χ2v) is 3.28. The zero-order chi connectivity index (χ0) is 11.3. The summed E-state index contributed by atoms with van der Waals surface area (Å²) >= 11 is 0. The van der Waals surface area contributed by atoms with E-state index in [1.54, 1.807) is 19.4 Å². The molecule has 1 aromatic rings. The lowest BCUT2D eigenvalue weighted by atomic mass is 10.1. The number of methoxy groups -OCH3 is 1. The van der Waals surface area contributed by atoms with E-state index in [0.717, 1.165) is 11.1 Å². The molecule has 1 aromatic carbocycles. The highest BCUT2D eigenvalue weighted by atomic mass is 16.5. The van der Waals surface area contributed by atoms with Crippen LogP contribution in [0.1, 0.15) is 12.5 Å². The third-order valence-electron chi connectivity index (χ3n) is 1.92. The van der Waals surface area contributed by atoms with E-state index in [1.165, 1.54) is 0 Å². The molecule has 0 N–H and O–H groups in total. The summed E-state index contributed by atoms with van der Waals surface area (Å²) in [5.41, 5.74) is 1.91. The molecule has 0 amide bonds. The van der Waals surface area contributed by atoms with Crippen molar-refractivity contribution in [3.8, 4) is 17.8 Å². The van der Waals surface area contributed by atoms with Crippen LogP contribution >= 0.6 is 0 Å². The van der Waals surface area contributed by atoms with Crippen molar-refractivity contribution < 1.29 is 9.47 Å². The fourth-order valence-corrected chi connectivity index (χ4v) is 1.35. The Morgan fingerprint density at radius 3 is 2.80 bits per heavy atom. The van der Waals surface area contributed by atoms with Gasteiger partial charge in [-0.3, -0.25) is 0 Å². The van der Waals surface area contributed by atoms with Crippen LogP contribution in [0, 0.1) is 11.5 Å². The zero-order valence-electron chi connectivity index (χ0n) is 8.91. The molecule has 15 heavy (non-hydrogen) atoms. The van der Waals surface area contributed by atoms with Gasteiger partial charge in [-0.15, -0.1) is 5.26 Å². The lowest BCUT2D eigenvalue weighted by Gasteiger charge is -2.10. The topological polar surface area (TPSA) is 42.2 Å². The molecular weight excluding hydrogens is 190 g/mol. The molecule has 0 saturated heterocycles. The number of ether oxygens (including phenoxy) is 2. The van der Waals surface area contributed by atoms with Crippen molar-refractivity contribution in [2.45, 2.75) is 13.3 Å². The van der Waals surface area contributed by atoms with Crippen molar-refractivity contribution in [1.82, 2.24) is 0 Å². The maximum absolute atomic E-state index is 8.55. The molecule has 3 nitrogen and oxygen atoms in total. The molecule has 1 rings (SSSR count). The van der Waals surface area contributed by atoms with Crippen molar-refractivity contribution in [3.05, 3.63) is 35.9 Å². The molecule has 0 saturated carbocycles. The Morgan fingerprint density at radius 2 is 2.27 bits per heavy atom. The summed E-state index contributed by atoms with van der Waals surface area (Å²) in [5.74, 6) is 1.04. The van der Waals surface area contributed by atoms with Crippen molar-refractivity contribution in [3.63, 3.8) is 0 Å². The van der Waals surface area contributed by atoms with E-state index >= 15 is 0 Å². The van der Waals surface area contributed by atoms with Crippen LogP contribution in [0.25, 0.3) is 0 Å². The van der Waals surface area contributed by atoms with Gasteiger partial charge in [0, 0.05) is 5.56 Å². The molecule has 0 aromatic heterocycles. The predicted octanol–water partition coefficient (Wildman–Crippen LogP) is 2.67. The van der Waals surface area contributed by atoms with Crippen LogP contribution in [0.5, 0.6) is 11.5 Å². The Balaban J connectivity index is 3.13. The first-order valence-electron chi connectivity index (χ1n) is 4.55. The fraction of sp³-hybridized carbons (Fsp3) is 0.250. The summed E-state index contributed by atoms with van der Waals surface area (Å²) in [6.45, 7) is 5.75. The molecule has 3 heteroatoms. The molecule has 0 aliphatic rings. The first kappa shape index (κ1) is 11.1. The van der Waals surface area contributed by atoms with E-state index in [4.69, 9.17) is 14.7 Å². The Labute approximate surface area is 89.6 Å². The number of allylic oxidation sites excluding steroid dienone is 1. The number of hydrogen-bond acceptors (Lipinski definition) is 3. The van der Waals surface area contributed by atoms with Crippen molar-refractivity contribution in [1.29, 1.82) is 5.26 Å². The van der Waals surface area contributed by atoms with Crippen molar-refractivity contribution in [2.75, 3.05) is 7.11 Å². The molecule has 0 aliphatic carbocycles. The van der Waals surface area contributed by atoms with Crippen LogP contribution < -0.4 is 9.47 Å². The molecular formula is C12H13NO2. The average molecular weight is 203 g/mol. The highest BCUT2D eigenvalue weighted by Gasteiger charge is 2.10. The summed E-state index contributed by atoms with van der Waals surface area (Å²) < 4.78 is 10.0. The predicted molar refractivity (Wildman–Crippen MR) is 57.8 cm³/mol. The summed E-state index contributed by atoms with van der Waals surface area (Å²) in [5, 5.41) is 8.55. The molecule has 78 valence electrons. The largest absolute Gasteiger partial charge is 0.493 e. The van der Waals surface area contributed by atoms with E-state index in [2.05, 4.69) is 6.58 Å². The molecule has 0 fully saturated rings. The van der Waals surface area contributed by atoms with Gasteiger partial charge in [0.2, 0.25) is 0 Å². The van der Waals surface area contributed by atoms with Crippen LogP contribution in [0.3, 0.4) is 0 Å². The molecule has 0 unspecified atom stereocenters.